The maximum Gasteiger partial charge on any atom is 0.228 e. The highest BCUT2D eigenvalue weighted by Gasteiger charge is 2.31. The fourth-order valence-corrected chi connectivity index (χ4v) is 3.69. The molecule has 154 valence electrons. The van der Waals surface area contributed by atoms with Crippen LogP contribution in [0.25, 0.3) is 11.5 Å². The van der Waals surface area contributed by atoms with Crippen LogP contribution in [-0.4, -0.2) is 66.0 Å². The largest absolute Gasteiger partial charge is 0.444 e. The lowest BCUT2D eigenvalue weighted by Gasteiger charge is -2.32. The zero-order valence-electron chi connectivity index (χ0n) is 15.5. The van der Waals surface area contributed by atoms with Crippen LogP contribution >= 0.6 is 24.8 Å². The summed E-state index contributed by atoms with van der Waals surface area (Å²) in [5.74, 6) is 0.193. The summed E-state index contributed by atoms with van der Waals surface area (Å²) in [5.41, 5.74) is 1.31. The van der Waals surface area contributed by atoms with E-state index in [0.29, 0.717) is 23.2 Å². The number of oxazole rings is 1. The van der Waals surface area contributed by atoms with Gasteiger partial charge in [0.25, 0.3) is 0 Å². The van der Waals surface area contributed by atoms with E-state index in [0.717, 1.165) is 45.7 Å². The number of likely N-dealkylation sites (tertiary alicyclic amines) is 1. The number of benzene rings is 1. The molecular formula is C19H25Cl2FN4O2. The molecule has 2 aliphatic rings. The van der Waals surface area contributed by atoms with E-state index >= 15 is 0 Å². The molecule has 4 rings (SSSR count). The first-order valence-corrected chi connectivity index (χ1v) is 9.12. The summed E-state index contributed by atoms with van der Waals surface area (Å²) < 4.78 is 18.5. The van der Waals surface area contributed by atoms with Gasteiger partial charge in [0.1, 0.15) is 12.1 Å². The lowest BCUT2D eigenvalue weighted by atomic mass is 10.2. The highest BCUT2D eigenvalue weighted by Crippen LogP contribution is 2.21. The molecule has 0 bridgehead atoms. The summed E-state index contributed by atoms with van der Waals surface area (Å²) in [5, 5.41) is 3.36. The van der Waals surface area contributed by atoms with Gasteiger partial charge in [-0.3, -0.25) is 9.69 Å². The summed E-state index contributed by atoms with van der Waals surface area (Å²) in [7, 11) is 0. The van der Waals surface area contributed by atoms with Crippen LogP contribution in [0.3, 0.4) is 0 Å². The van der Waals surface area contributed by atoms with Gasteiger partial charge in [-0.15, -0.1) is 24.8 Å². The van der Waals surface area contributed by atoms with Crippen LogP contribution in [0.1, 0.15) is 12.1 Å². The van der Waals surface area contributed by atoms with Crippen LogP contribution in [0.2, 0.25) is 0 Å². The molecule has 0 saturated carbocycles. The van der Waals surface area contributed by atoms with E-state index in [4.69, 9.17) is 4.42 Å². The Morgan fingerprint density at radius 2 is 1.89 bits per heavy atom. The number of carbonyl (C=O) groups is 1. The van der Waals surface area contributed by atoms with Gasteiger partial charge in [0.2, 0.25) is 11.8 Å². The monoisotopic (exact) mass is 430 g/mol. The molecule has 0 radical (unpaired) electrons. The van der Waals surface area contributed by atoms with Gasteiger partial charge in [0, 0.05) is 50.9 Å². The van der Waals surface area contributed by atoms with E-state index in [1.165, 1.54) is 18.4 Å². The Balaban J connectivity index is 0.00000140. The number of hydrogen-bond acceptors (Lipinski definition) is 5. The fourth-order valence-electron chi connectivity index (χ4n) is 3.69. The molecule has 1 N–H and O–H groups in total. The molecule has 2 fully saturated rings. The minimum absolute atomic E-state index is 0. The first-order valence-electron chi connectivity index (χ1n) is 9.12. The summed E-state index contributed by atoms with van der Waals surface area (Å²) in [4.78, 5) is 21.4. The third kappa shape index (κ3) is 5.23. The number of rotatable bonds is 4. The molecular weight excluding hydrogens is 406 g/mol. The zero-order valence-corrected chi connectivity index (χ0v) is 17.1. The van der Waals surface area contributed by atoms with E-state index < -0.39 is 0 Å². The number of piperazine rings is 1. The molecule has 28 heavy (non-hydrogen) atoms. The maximum absolute atomic E-state index is 13.0. The molecule has 2 aliphatic heterocycles. The number of aromatic nitrogens is 1. The third-order valence-electron chi connectivity index (χ3n) is 5.16. The summed E-state index contributed by atoms with van der Waals surface area (Å²) >= 11 is 0. The van der Waals surface area contributed by atoms with Gasteiger partial charge in [-0.05, 0) is 30.7 Å². The summed E-state index contributed by atoms with van der Waals surface area (Å²) in [6.07, 6.45) is 2.78. The van der Waals surface area contributed by atoms with E-state index in [2.05, 4.69) is 15.2 Å². The Hall–Kier alpha value is -1.67. The van der Waals surface area contributed by atoms with Gasteiger partial charge in [0.15, 0.2) is 0 Å². The molecule has 1 atom stereocenters. The Labute approximate surface area is 176 Å². The van der Waals surface area contributed by atoms with Crippen molar-refractivity contribution in [2.24, 2.45) is 0 Å². The van der Waals surface area contributed by atoms with E-state index in [1.54, 1.807) is 12.1 Å². The first-order chi connectivity index (χ1) is 12.7. The maximum atomic E-state index is 13.0. The van der Waals surface area contributed by atoms with E-state index in [1.807, 2.05) is 4.90 Å². The average molecular weight is 431 g/mol. The second kappa shape index (κ2) is 10.2. The van der Waals surface area contributed by atoms with Crippen molar-refractivity contribution in [3.8, 4) is 11.5 Å². The van der Waals surface area contributed by atoms with E-state index in [9.17, 15) is 9.18 Å². The van der Waals surface area contributed by atoms with Crippen LogP contribution in [0.15, 0.2) is 34.9 Å². The van der Waals surface area contributed by atoms with Crippen molar-refractivity contribution >= 4 is 30.7 Å². The Bertz CT molecular complexity index is 766. The number of amides is 1. The highest BCUT2D eigenvalue weighted by molar-refractivity contribution is 5.85. The smallest absolute Gasteiger partial charge is 0.228 e. The standard InChI is InChI=1S/C19H23FN4O2.2ClH/c20-15-3-1-14(2-4-15)19-22-16(13-26-19)11-18(25)24-8-5-17(12-24)23-9-6-21-7-10-23;;/h1-4,13,17,21H,5-12H2;2*1H. The van der Waals surface area contributed by atoms with Crippen LogP contribution in [0.5, 0.6) is 0 Å². The van der Waals surface area contributed by atoms with Crippen molar-refractivity contribution in [1.29, 1.82) is 0 Å². The highest BCUT2D eigenvalue weighted by atomic mass is 35.5. The molecule has 1 aromatic carbocycles. The second-order valence-electron chi connectivity index (χ2n) is 6.90. The van der Waals surface area contributed by atoms with Crippen molar-refractivity contribution in [2.75, 3.05) is 39.3 Å². The minimum atomic E-state index is -0.302. The normalized spacial score (nSPS) is 19.8. The number of carbonyl (C=O) groups excluding carboxylic acids is 1. The van der Waals surface area contributed by atoms with Crippen LogP contribution < -0.4 is 5.32 Å². The average Bonchev–Trinajstić information content (AvgIpc) is 3.33. The van der Waals surface area contributed by atoms with Gasteiger partial charge >= 0.3 is 0 Å². The molecule has 2 aromatic rings. The molecule has 9 heteroatoms. The number of nitrogens with one attached hydrogen (secondary N) is 1. The SMILES string of the molecule is Cl.Cl.O=C(Cc1coc(-c2ccc(F)cc2)n1)N1CCC(N2CCNCC2)C1. The van der Waals surface area contributed by atoms with Gasteiger partial charge in [0.05, 0.1) is 12.1 Å². The quantitative estimate of drug-likeness (QED) is 0.806. The Morgan fingerprint density at radius 3 is 2.61 bits per heavy atom. The van der Waals surface area contributed by atoms with Crippen molar-refractivity contribution in [2.45, 2.75) is 18.9 Å². The number of nitrogens with zero attached hydrogens (tertiary/aromatic N) is 3. The Kier molecular flexibility index (Phi) is 8.24. The summed E-state index contributed by atoms with van der Waals surface area (Å²) in [6.45, 7) is 5.75. The third-order valence-corrected chi connectivity index (χ3v) is 5.16. The van der Waals surface area contributed by atoms with Crippen molar-refractivity contribution in [3.05, 3.63) is 42.0 Å². The number of halogens is 3. The lowest BCUT2D eigenvalue weighted by molar-refractivity contribution is -0.129. The van der Waals surface area contributed by atoms with Gasteiger partial charge in [-0.25, -0.2) is 9.37 Å². The van der Waals surface area contributed by atoms with Crippen LogP contribution in [0, 0.1) is 5.82 Å². The molecule has 2 saturated heterocycles. The van der Waals surface area contributed by atoms with Gasteiger partial charge in [-0.2, -0.15) is 0 Å². The second-order valence-corrected chi connectivity index (χ2v) is 6.90. The molecule has 6 nitrogen and oxygen atoms in total. The molecule has 3 heterocycles. The van der Waals surface area contributed by atoms with Crippen molar-refractivity contribution in [3.63, 3.8) is 0 Å². The Morgan fingerprint density at radius 1 is 1.18 bits per heavy atom. The molecule has 1 unspecified atom stereocenters. The molecule has 0 aliphatic carbocycles. The van der Waals surface area contributed by atoms with Gasteiger partial charge in [-0.1, -0.05) is 0 Å². The molecule has 1 amide bonds. The van der Waals surface area contributed by atoms with Crippen LogP contribution in [0.4, 0.5) is 4.39 Å². The fraction of sp³-hybridized carbons (Fsp3) is 0.474. The topological polar surface area (TPSA) is 61.6 Å². The molecule has 1 aromatic heterocycles. The van der Waals surface area contributed by atoms with Crippen molar-refractivity contribution in [1.82, 2.24) is 20.1 Å². The predicted octanol–water partition coefficient (Wildman–Crippen LogP) is 2.37. The first kappa shape index (κ1) is 22.6. The predicted molar refractivity (Wildman–Crippen MR) is 110 cm³/mol. The van der Waals surface area contributed by atoms with Gasteiger partial charge < -0.3 is 14.6 Å². The number of hydrogen-bond donors (Lipinski definition) is 1. The van der Waals surface area contributed by atoms with Crippen LogP contribution in [-0.2, 0) is 11.2 Å². The lowest BCUT2D eigenvalue weighted by Crippen LogP contribution is -2.49. The summed E-state index contributed by atoms with van der Waals surface area (Å²) in [6, 6.07) is 6.43. The zero-order chi connectivity index (χ0) is 17.9. The minimum Gasteiger partial charge on any atom is -0.444 e. The van der Waals surface area contributed by atoms with Crippen molar-refractivity contribution < 1.29 is 13.6 Å². The molecule has 0 spiro atoms. The van der Waals surface area contributed by atoms with E-state index in [-0.39, 0.29) is 43.0 Å².